The Morgan fingerprint density at radius 2 is 1.79 bits per heavy atom. The number of hydrogen-bond acceptors (Lipinski definition) is 5. The van der Waals surface area contributed by atoms with Crippen LogP contribution >= 0.6 is 0 Å². The summed E-state index contributed by atoms with van der Waals surface area (Å²) in [5.41, 5.74) is 7.22. The summed E-state index contributed by atoms with van der Waals surface area (Å²) in [6.45, 7) is 3.64. The molecule has 2 rings (SSSR count). The van der Waals surface area contributed by atoms with E-state index in [1.807, 2.05) is 24.3 Å². The van der Waals surface area contributed by atoms with Crippen LogP contribution < -0.4 is 10.6 Å². The lowest BCUT2D eigenvalue weighted by Gasteiger charge is -2.29. The van der Waals surface area contributed by atoms with Gasteiger partial charge in [0.1, 0.15) is 6.10 Å². The van der Waals surface area contributed by atoms with Gasteiger partial charge in [0.15, 0.2) is 0 Å². The number of nitrogens with two attached hydrogens (primary N) is 1. The third-order valence-electron chi connectivity index (χ3n) is 3.44. The molecule has 5 heteroatoms. The van der Waals surface area contributed by atoms with Crippen LogP contribution in [0.25, 0.3) is 0 Å². The number of aliphatic hydroxyl groups excluding tert-OH is 2. The van der Waals surface area contributed by atoms with Crippen LogP contribution in [0.1, 0.15) is 18.1 Å². The molecule has 1 aliphatic rings. The minimum absolute atomic E-state index is 0.365. The second-order valence-electron chi connectivity index (χ2n) is 4.78. The predicted molar refractivity (Wildman–Crippen MR) is 74.1 cm³/mol. The summed E-state index contributed by atoms with van der Waals surface area (Å²) in [6, 6.07) is 7.66. The van der Waals surface area contributed by atoms with Crippen LogP contribution in [0.15, 0.2) is 24.3 Å². The smallest absolute Gasteiger partial charge is 0.105 e. The maximum atomic E-state index is 9.98. The van der Waals surface area contributed by atoms with Crippen LogP contribution in [0.3, 0.4) is 0 Å². The van der Waals surface area contributed by atoms with Crippen LogP contribution in [0.5, 0.6) is 0 Å². The molecule has 2 unspecified atom stereocenters. The Morgan fingerprint density at radius 3 is 2.37 bits per heavy atom. The van der Waals surface area contributed by atoms with Gasteiger partial charge in [-0.1, -0.05) is 12.1 Å². The molecule has 5 nitrogen and oxygen atoms in total. The Labute approximate surface area is 113 Å². The SMILES string of the molecule is NCCC(O)C(O)c1ccc(N2CCOCC2)cc1. The number of aliphatic hydroxyl groups is 2. The molecule has 106 valence electrons. The monoisotopic (exact) mass is 266 g/mol. The van der Waals surface area contributed by atoms with Gasteiger partial charge in [0.25, 0.3) is 0 Å². The molecule has 1 fully saturated rings. The number of ether oxygens (including phenoxy) is 1. The largest absolute Gasteiger partial charge is 0.390 e. The topological polar surface area (TPSA) is 79.0 Å². The zero-order valence-corrected chi connectivity index (χ0v) is 11.0. The number of hydrogen-bond donors (Lipinski definition) is 3. The van der Waals surface area contributed by atoms with E-state index >= 15 is 0 Å². The second kappa shape index (κ2) is 6.86. The third kappa shape index (κ3) is 3.67. The van der Waals surface area contributed by atoms with Gasteiger partial charge in [-0.05, 0) is 30.7 Å². The maximum Gasteiger partial charge on any atom is 0.105 e. The molecule has 1 aromatic rings. The predicted octanol–water partition coefficient (Wildman–Crippen LogP) is 0.266. The van der Waals surface area contributed by atoms with Gasteiger partial charge >= 0.3 is 0 Å². The van der Waals surface area contributed by atoms with Gasteiger partial charge in [-0.15, -0.1) is 0 Å². The molecule has 0 amide bonds. The van der Waals surface area contributed by atoms with Crippen molar-refractivity contribution in [3.05, 3.63) is 29.8 Å². The third-order valence-corrected chi connectivity index (χ3v) is 3.44. The summed E-state index contributed by atoms with van der Waals surface area (Å²) < 4.78 is 5.31. The van der Waals surface area contributed by atoms with Crippen molar-refractivity contribution in [1.29, 1.82) is 0 Å². The summed E-state index contributed by atoms with van der Waals surface area (Å²) in [5.74, 6) is 0. The molecular formula is C14H22N2O3. The molecule has 1 heterocycles. The van der Waals surface area contributed by atoms with Gasteiger partial charge in [0, 0.05) is 18.8 Å². The first-order valence-electron chi connectivity index (χ1n) is 6.71. The van der Waals surface area contributed by atoms with Crippen molar-refractivity contribution >= 4 is 5.69 Å². The van der Waals surface area contributed by atoms with Gasteiger partial charge in [0.2, 0.25) is 0 Å². The van der Waals surface area contributed by atoms with Crippen molar-refractivity contribution in [2.24, 2.45) is 5.73 Å². The van der Waals surface area contributed by atoms with E-state index in [9.17, 15) is 10.2 Å². The normalized spacial score (nSPS) is 19.2. The fourth-order valence-electron chi connectivity index (χ4n) is 2.25. The molecule has 19 heavy (non-hydrogen) atoms. The van der Waals surface area contributed by atoms with Crippen molar-refractivity contribution < 1.29 is 14.9 Å². The Kier molecular flexibility index (Phi) is 5.15. The van der Waals surface area contributed by atoms with Crippen LogP contribution in [-0.2, 0) is 4.74 Å². The second-order valence-corrected chi connectivity index (χ2v) is 4.78. The van der Waals surface area contributed by atoms with Crippen LogP contribution in [0.4, 0.5) is 5.69 Å². The van der Waals surface area contributed by atoms with Crippen molar-refractivity contribution in [3.8, 4) is 0 Å². The molecule has 2 atom stereocenters. The standard InChI is InChI=1S/C14H22N2O3/c15-6-5-13(17)14(18)11-1-3-12(4-2-11)16-7-9-19-10-8-16/h1-4,13-14,17-18H,5-10,15H2. The number of morpholine rings is 1. The van der Waals surface area contributed by atoms with Crippen LogP contribution in [-0.4, -0.2) is 49.2 Å². The van der Waals surface area contributed by atoms with Crippen molar-refractivity contribution in [3.63, 3.8) is 0 Å². The van der Waals surface area contributed by atoms with E-state index in [1.165, 1.54) is 0 Å². The molecule has 0 saturated carbocycles. The average Bonchev–Trinajstić information content (AvgIpc) is 2.48. The molecule has 0 radical (unpaired) electrons. The zero-order valence-electron chi connectivity index (χ0n) is 11.0. The number of rotatable bonds is 5. The van der Waals surface area contributed by atoms with Crippen molar-refractivity contribution in [2.45, 2.75) is 18.6 Å². The van der Waals surface area contributed by atoms with Crippen molar-refractivity contribution in [1.82, 2.24) is 0 Å². The fraction of sp³-hybridized carbons (Fsp3) is 0.571. The number of anilines is 1. The van der Waals surface area contributed by atoms with Gasteiger partial charge in [-0.3, -0.25) is 0 Å². The minimum Gasteiger partial charge on any atom is -0.390 e. The average molecular weight is 266 g/mol. The highest BCUT2D eigenvalue weighted by Gasteiger charge is 2.18. The van der Waals surface area contributed by atoms with E-state index < -0.39 is 12.2 Å². The van der Waals surface area contributed by atoms with E-state index in [1.54, 1.807) is 0 Å². The van der Waals surface area contributed by atoms with E-state index in [4.69, 9.17) is 10.5 Å². The Morgan fingerprint density at radius 1 is 1.16 bits per heavy atom. The van der Waals surface area contributed by atoms with Gasteiger partial charge in [-0.25, -0.2) is 0 Å². The molecule has 4 N–H and O–H groups in total. The van der Waals surface area contributed by atoms with Gasteiger partial charge in [0.05, 0.1) is 19.3 Å². The van der Waals surface area contributed by atoms with E-state index in [2.05, 4.69) is 4.90 Å². The lowest BCUT2D eigenvalue weighted by molar-refractivity contribution is 0.0150. The number of nitrogens with zero attached hydrogens (tertiary/aromatic N) is 1. The first kappa shape index (κ1) is 14.3. The lowest BCUT2D eigenvalue weighted by Crippen LogP contribution is -2.36. The van der Waals surface area contributed by atoms with E-state index in [0.717, 1.165) is 37.6 Å². The molecular weight excluding hydrogens is 244 g/mol. The fourth-order valence-corrected chi connectivity index (χ4v) is 2.25. The molecule has 0 spiro atoms. The molecule has 0 aliphatic carbocycles. The number of benzene rings is 1. The Balaban J connectivity index is 2.01. The maximum absolute atomic E-state index is 9.98. The van der Waals surface area contributed by atoms with Crippen molar-refractivity contribution in [2.75, 3.05) is 37.7 Å². The zero-order chi connectivity index (χ0) is 13.7. The molecule has 1 saturated heterocycles. The van der Waals surface area contributed by atoms with Gasteiger partial charge in [-0.2, -0.15) is 0 Å². The summed E-state index contributed by atoms with van der Waals surface area (Å²) in [6.07, 6.45) is -1.28. The lowest BCUT2D eigenvalue weighted by atomic mass is 10.0. The first-order chi connectivity index (χ1) is 9.22. The molecule has 0 bridgehead atoms. The van der Waals surface area contributed by atoms with Crippen LogP contribution in [0.2, 0.25) is 0 Å². The first-order valence-corrected chi connectivity index (χ1v) is 6.71. The summed E-state index contributed by atoms with van der Waals surface area (Å²) >= 11 is 0. The van der Waals surface area contributed by atoms with Gasteiger partial charge < -0.3 is 25.6 Å². The summed E-state index contributed by atoms with van der Waals surface area (Å²) in [5, 5.41) is 19.7. The molecule has 0 aromatic heterocycles. The Bertz CT molecular complexity index is 377. The summed E-state index contributed by atoms with van der Waals surface area (Å²) in [4.78, 5) is 2.25. The summed E-state index contributed by atoms with van der Waals surface area (Å²) in [7, 11) is 0. The minimum atomic E-state index is -0.873. The van der Waals surface area contributed by atoms with E-state index in [0.29, 0.717) is 13.0 Å². The molecule has 1 aliphatic heterocycles. The highest BCUT2D eigenvalue weighted by molar-refractivity contribution is 5.48. The highest BCUT2D eigenvalue weighted by atomic mass is 16.5. The molecule has 1 aromatic carbocycles. The Hall–Kier alpha value is -1.14. The quantitative estimate of drug-likeness (QED) is 0.713. The van der Waals surface area contributed by atoms with Crippen LogP contribution in [0, 0.1) is 0 Å². The highest BCUT2D eigenvalue weighted by Crippen LogP contribution is 2.23. The van der Waals surface area contributed by atoms with E-state index in [-0.39, 0.29) is 0 Å².